The molecule has 5 heteroatoms. The number of para-hydroxylation sites is 3. The standard InChI is InChI=1S/C57H37N5/c1-5-19-38(20-6-1)41-25-17-26-42(35-41)43-27-18-28-44(36-43)56-58-55(40-23-9-3-10-24-40)59-57(60-56)62-51-34-16-14-32-47(51)52-48(39-21-7-2-8-22-39)37-49-46-31-13-15-33-50(46)61(53(49)54(52)62)45-29-11-4-12-30-45/h1-37H. The summed E-state index contributed by atoms with van der Waals surface area (Å²) in [5, 5.41) is 4.60. The van der Waals surface area contributed by atoms with Crippen molar-refractivity contribution < 1.29 is 0 Å². The largest absolute Gasteiger partial charge is 0.307 e. The molecule has 3 aromatic heterocycles. The van der Waals surface area contributed by atoms with Gasteiger partial charge in [0.1, 0.15) is 0 Å². The van der Waals surface area contributed by atoms with Crippen LogP contribution in [0.2, 0.25) is 0 Å². The molecule has 0 saturated carbocycles. The van der Waals surface area contributed by atoms with E-state index in [1.807, 2.05) is 18.2 Å². The summed E-state index contributed by atoms with van der Waals surface area (Å²) < 4.78 is 4.69. The number of nitrogens with zero attached hydrogens (tertiary/aromatic N) is 5. The lowest BCUT2D eigenvalue weighted by Crippen LogP contribution is -2.07. The van der Waals surface area contributed by atoms with Crippen LogP contribution in [-0.2, 0) is 0 Å². The van der Waals surface area contributed by atoms with Crippen molar-refractivity contribution in [1.29, 1.82) is 0 Å². The first-order chi connectivity index (χ1) is 30.8. The predicted octanol–water partition coefficient (Wildman–Crippen LogP) is 14.4. The Morgan fingerprint density at radius 1 is 0.290 bits per heavy atom. The monoisotopic (exact) mass is 791 g/mol. The Morgan fingerprint density at radius 2 is 0.758 bits per heavy atom. The first kappa shape index (κ1) is 35.5. The van der Waals surface area contributed by atoms with E-state index in [4.69, 9.17) is 15.0 Å². The van der Waals surface area contributed by atoms with Crippen LogP contribution in [0.3, 0.4) is 0 Å². The molecular formula is C57H37N5. The molecule has 0 spiro atoms. The van der Waals surface area contributed by atoms with E-state index in [0.29, 0.717) is 17.6 Å². The fraction of sp³-hybridized carbons (Fsp3) is 0. The quantitative estimate of drug-likeness (QED) is 0.162. The third kappa shape index (κ3) is 5.90. The zero-order valence-corrected chi connectivity index (χ0v) is 33.6. The van der Waals surface area contributed by atoms with E-state index in [0.717, 1.165) is 77.3 Å². The Bertz CT molecular complexity index is 3610. The van der Waals surface area contributed by atoms with Crippen molar-refractivity contribution in [2.75, 3.05) is 0 Å². The number of fused-ring (bicyclic) bond motifs is 7. The van der Waals surface area contributed by atoms with Gasteiger partial charge in [-0.2, -0.15) is 9.97 Å². The molecular weight excluding hydrogens is 755 g/mol. The predicted molar refractivity (Wildman–Crippen MR) is 256 cm³/mol. The fourth-order valence-corrected chi connectivity index (χ4v) is 9.15. The van der Waals surface area contributed by atoms with Gasteiger partial charge in [0, 0.05) is 38.4 Å². The summed E-state index contributed by atoms with van der Waals surface area (Å²) in [6.45, 7) is 0. The molecule has 12 rings (SSSR count). The van der Waals surface area contributed by atoms with Crippen LogP contribution in [0.15, 0.2) is 224 Å². The summed E-state index contributed by atoms with van der Waals surface area (Å²) in [6.07, 6.45) is 0. The minimum absolute atomic E-state index is 0.549. The molecule has 5 nitrogen and oxygen atoms in total. The summed E-state index contributed by atoms with van der Waals surface area (Å²) in [5.41, 5.74) is 14.0. The molecule has 290 valence electrons. The van der Waals surface area contributed by atoms with Gasteiger partial charge in [0.25, 0.3) is 0 Å². The highest BCUT2D eigenvalue weighted by atomic mass is 15.2. The van der Waals surface area contributed by atoms with E-state index in [2.05, 4.69) is 215 Å². The van der Waals surface area contributed by atoms with Crippen molar-refractivity contribution in [2.45, 2.75) is 0 Å². The van der Waals surface area contributed by atoms with Crippen molar-refractivity contribution in [1.82, 2.24) is 24.1 Å². The maximum absolute atomic E-state index is 5.47. The van der Waals surface area contributed by atoms with Gasteiger partial charge in [0.05, 0.1) is 22.1 Å². The van der Waals surface area contributed by atoms with Gasteiger partial charge < -0.3 is 4.57 Å². The highest BCUT2D eigenvalue weighted by Gasteiger charge is 2.26. The summed E-state index contributed by atoms with van der Waals surface area (Å²) >= 11 is 0. The van der Waals surface area contributed by atoms with Crippen molar-refractivity contribution in [2.24, 2.45) is 0 Å². The second-order valence-electron chi connectivity index (χ2n) is 15.6. The average molecular weight is 792 g/mol. The van der Waals surface area contributed by atoms with Crippen molar-refractivity contribution >= 4 is 43.6 Å². The summed E-state index contributed by atoms with van der Waals surface area (Å²) in [7, 11) is 0. The van der Waals surface area contributed by atoms with Crippen molar-refractivity contribution in [3.8, 4) is 67.8 Å². The van der Waals surface area contributed by atoms with Gasteiger partial charge in [-0.05, 0) is 75.8 Å². The molecule has 9 aromatic carbocycles. The van der Waals surface area contributed by atoms with E-state index < -0.39 is 0 Å². The second kappa shape index (κ2) is 14.7. The number of aromatic nitrogens is 5. The topological polar surface area (TPSA) is 48.5 Å². The molecule has 0 bridgehead atoms. The zero-order valence-electron chi connectivity index (χ0n) is 33.6. The average Bonchev–Trinajstić information content (AvgIpc) is 3.88. The number of benzene rings is 9. The highest BCUT2D eigenvalue weighted by Crippen LogP contribution is 2.46. The Labute approximate surface area is 358 Å². The first-order valence-electron chi connectivity index (χ1n) is 21.0. The van der Waals surface area contributed by atoms with Gasteiger partial charge in [0.15, 0.2) is 11.6 Å². The lowest BCUT2D eigenvalue weighted by molar-refractivity contribution is 0.953. The molecule has 3 heterocycles. The van der Waals surface area contributed by atoms with Crippen molar-refractivity contribution in [3.63, 3.8) is 0 Å². The van der Waals surface area contributed by atoms with Crippen LogP contribution in [0.5, 0.6) is 0 Å². The summed E-state index contributed by atoms with van der Waals surface area (Å²) in [6, 6.07) is 79.2. The van der Waals surface area contributed by atoms with Crippen molar-refractivity contribution in [3.05, 3.63) is 224 Å². The number of hydrogen-bond donors (Lipinski definition) is 0. The van der Waals surface area contributed by atoms with E-state index in [-0.39, 0.29) is 0 Å². The van der Waals surface area contributed by atoms with E-state index >= 15 is 0 Å². The van der Waals surface area contributed by atoms with Gasteiger partial charge in [-0.3, -0.25) is 4.57 Å². The Kier molecular flexibility index (Phi) is 8.42. The van der Waals surface area contributed by atoms with Crippen LogP contribution < -0.4 is 0 Å². The smallest absolute Gasteiger partial charge is 0.238 e. The molecule has 0 saturated heterocycles. The van der Waals surface area contributed by atoms with Crippen LogP contribution in [0.1, 0.15) is 0 Å². The van der Waals surface area contributed by atoms with E-state index in [9.17, 15) is 0 Å². The highest BCUT2D eigenvalue weighted by molar-refractivity contribution is 6.28. The Morgan fingerprint density at radius 3 is 1.42 bits per heavy atom. The second-order valence-corrected chi connectivity index (χ2v) is 15.6. The molecule has 0 atom stereocenters. The molecule has 0 aliphatic rings. The first-order valence-corrected chi connectivity index (χ1v) is 21.0. The normalized spacial score (nSPS) is 11.5. The third-order valence-electron chi connectivity index (χ3n) is 11.9. The Hall–Kier alpha value is -8.41. The number of hydrogen-bond acceptors (Lipinski definition) is 3. The molecule has 62 heavy (non-hydrogen) atoms. The van der Waals surface area contributed by atoms with Crippen LogP contribution >= 0.6 is 0 Å². The molecule has 12 aromatic rings. The third-order valence-corrected chi connectivity index (χ3v) is 11.9. The lowest BCUT2D eigenvalue weighted by Gasteiger charge is -2.15. The maximum Gasteiger partial charge on any atom is 0.238 e. The minimum Gasteiger partial charge on any atom is -0.307 e. The van der Waals surface area contributed by atoms with Gasteiger partial charge in [-0.15, -0.1) is 0 Å². The molecule has 0 unspecified atom stereocenters. The number of rotatable bonds is 7. The minimum atomic E-state index is 0.549. The molecule has 0 fully saturated rings. The molecule has 0 N–H and O–H groups in total. The summed E-state index contributed by atoms with van der Waals surface area (Å²) in [5.74, 6) is 1.75. The van der Waals surface area contributed by atoms with Crippen LogP contribution in [-0.4, -0.2) is 24.1 Å². The summed E-state index contributed by atoms with van der Waals surface area (Å²) in [4.78, 5) is 16.1. The molecule has 0 aliphatic carbocycles. The molecule has 0 aliphatic heterocycles. The Balaban J connectivity index is 1.18. The van der Waals surface area contributed by atoms with Gasteiger partial charge in [-0.1, -0.05) is 182 Å². The maximum atomic E-state index is 5.47. The fourth-order valence-electron chi connectivity index (χ4n) is 9.15. The van der Waals surface area contributed by atoms with Gasteiger partial charge >= 0.3 is 0 Å². The SMILES string of the molecule is c1ccc(-c2cccc(-c3cccc(-c4nc(-c5ccccc5)nc(-n5c6ccccc6c6c(-c7ccccc7)cc7c8ccccc8n(-c8ccccc8)c7c65)n4)c3)c2)cc1. The zero-order chi connectivity index (χ0) is 41.0. The van der Waals surface area contributed by atoms with E-state index in [1.165, 1.54) is 16.5 Å². The van der Waals surface area contributed by atoms with Crippen LogP contribution in [0, 0.1) is 0 Å². The molecule has 0 amide bonds. The molecule has 0 radical (unpaired) electrons. The van der Waals surface area contributed by atoms with E-state index in [1.54, 1.807) is 0 Å². The lowest BCUT2D eigenvalue weighted by atomic mass is 9.96. The van der Waals surface area contributed by atoms with Gasteiger partial charge in [0.2, 0.25) is 5.95 Å². The van der Waals surface area contributed by atoms with Gasteiger partial charge in [-0.25, -0.2) is 4.98 Å². The van der Waals surface area contributed by atoms with Crippen LogP contribution in [0.25, 0.3) is 111 Å². The van der Waals surface area contributed by atoms with Crippen LogP contribution in [0.4, 0.5) is 0 Å².